The van der Waals surface area contributed by atoms with Crippen LogP contribution >= 0.6 is 0 Å². The first kappa shape index (κ1) is 20.1. The Bertz CT molecular complexity index is 1010. The molecule has 8 nitrogen and oxygen atoms in total. The zero-order valence-corrected chi connectivity index (χ0v) is 16.4. The predicted molar refractivity (Wildman–Crippen MR) is 109 cm³/mol. The van der Waals surface area contributed by atoms with Crippen molar-refractivity contribution < 1.29 is 18.7 Å². The Balaban J connectivity index is 1.73. The molecule has 0 saturated carbocycles. The SMILES string of the molecule is CCOc1ccccc1-c1nnc(NC(=O)c2cccc(NC(=O)C(C)C)c2)o1. The molecule has 3 aromatic rings. The first-order chi connectivity index (χ1) is 14.0. The third-order valence-corrected chi connectivity index (χ3v) is 3.98. The number of anilines is 2. The largest absolute Gasteiger partial charge is 0.493 e. The summed E-state index contributed by atoms with van der Waals surface area (Å²) in [6.45, 7) is 5.97. The van der Waals surface area contributed by atoms with Crippen molar-refractivity contribution in [1.29, 1.82) is 0 Å². The second kappa shape index (κ2) is 9.01. The van der Waals surface area contributed by atoms with Crippen LogP contribution in [0.5, 0.6) is 5.75 Å². The molecule has 0 saturated heterocycles. The second-order valence-corrected chi connectivity index (χ2v) is 6.52. The van der Waals surface area contributed by atoms with Crippen molar-refractivity contribution in [3.8, 4) is 17.2 Å². The highest BCUT2D eigenvalue weighted by Gasteiger charge is 2.16. The van der Waals surface area contributed by atoms with Gasteiger partial charge in [0.2, 0.25) is 5.91 Å². The van der Waals surface area contributed by atoms with Crippen LogP contribution in [0.15, 0.2) is 52.9 Å². The molecule has 0 aliphatic carbocycles. The summed E-state index contributed by atoms with van der Waals surface area (Å²) in [5.41, 5.74) is 1.52. The monoisotopic (exact) mass is 394 g/mol. The van der Waals surface area contributed by atoms with Gasteiger partial charge in [-0.1, -0.05) is 37.1 Å². The summed E-state index contributed by atoms with van der Waals surface area (Å²) >= 11 is 0. The van der Waals surface area contributed by atoms with E-state index in [2.05, 4.69) is 20.8 Å². The lowest BCUT2D eigenvalue weighted by molar-refractivity contribution is -0.118. The first-order valence-electron chi connectivity index (χ1n) is 9.26. The molecule has 8 heteroatoms. The summed E-state index contributed by atoms with van der Waals surface area (Å²) < 4.78 is 11.1. The molecule has 0 fully saturated rings. The van der Waals surface area contributed by atoms with Crippen molar-refractivity contribution >= 4 is 23.5 Å². The topological polar surface area (TPSA) is 106 Å². The van der Waals surface area contributed by atoms with Gasteiger partial charge in [0.25, 0.3) is 11.8 Å². The van der Waals surface area contributed by atoms with E-state index in [1.165, 1.54) is 0 Å². The van der Waals surface area contributed by atoms with Crippen LogP contribution in [0, 0.1) is 5.92 Å². The number of carbonyl (C=O) groups excluding carboxylic acids is 2. The number of carbonyl (C=O) groups is 2. The Morgan fingerprint density at radius 3 is 2.62 bits per heavy atom. The Morgan fingerprint density at radius 1 is 1.07 bits per heavy atom. The molecule has 2 N–H and O–H groups in total. The highest BCUT2D eigenvalue weighted by Crippen LogP contribution is 2.29. The molecule has 150 valence electrons. The second-order valence-electron chi connectivity index (χ2n) is 6.52. The normalized spacial score (nSPS) is 10.6. The van der Waals surface area contributed by atoms with Gasteiger partial charge in [0.05, 0.1) is 12.2 Å². The fourth-order valence-corrected chi connectivity index (χ4v) is 2.50. The molecule has 1 heterocycles. The minimum Gasteiger partial charge on any atom is -0.493 e. The molecule has 0 aliphatic rings. The standard InChI is InChI=1S/C21H22N4O4/c1-4-28-17-11-6-5-10-16(17)20-24-25-21(29-20)23-19(27)14-8-7-9-15(12-14)22-18(26)13(2)3/h5-13H,4H2,1-3H3,(H,22,26)(H,23,25,27). The molecule has 2 aromatic carbocycles. The molecule has 2 amide bonds. The maximum atomic E-state index is 12.5. The number of nitrogens with zero attached hydrogens (tertiary/aromatic N) is 2. The van der Waals surface area contributed by atoms with Gasteiger partial charge in [0.15, 0.2) is 0 Å². The van der Waals surface area contributed by atoms with Gasteiger partial charge in [-0.05, 0) is 37.3 Å². The van der Waals surface area contributed by atoms with Crippen LogP contribution in [0.1, 0.15) is 31.1 Å². The van der Waals surface area contributed by atoms with Crippen molar-refractivity contribution in [3.05, 3.63) is 54.1 Å². The average molecular weight is 394 g/mol. The van der Waals surface area contributed by atoms with Crippen LogP contribution in [0.2, 0.25) is 0 Å². The third kappa shape index (κ3) is 4.98. The van der Waals surface area contributed by atoms with Crippen molar-refractivity contribution in [3.63, 3.8) is 0 Å². The van der Waals surface area contributed by atoms with Gasteiger partial charge >= 0.3 is 6.01 Å². The number of benzene rings is 2. The number of nitrogens with one attached hydrogen (secondary N) is 2. The Kier molecular flexibility index (Phi) is 6.23. The number of amides is 2. The summed E-state index contributed by atoms with van der Waals surface area (Å²) in [6.07, 6.45) is 0. The predicted octanol–water partition coefficient (Wildman–Crippen LogP) is 3.98. The van der Waals surface area contributed by atoms with Crippen molar-refractivity contribution in [2.75, 3.05) is 17.2 Å². The van der Waals surface area contributed by atoms with Crippen LogP contribution in [0.25, 0.3) is 11.5 Å². The number of para-hydroxylation sites is 1. The van der Waals surface area contributed by atoms with Gasteiger partial charge in [0.1, 0.15) is 5.75 Å². The Morgan fingerprint density at radius 2 is 1.86 bits per heavy atom. The number of rotatable bonds is 7. The summed E-state index contributed by atoms with van der Waals surface area (Å²) in [5.74, 6) is 0.132. The smallest absolute Gasteiger partial charge is 0.322 e. The lowest BCUT2D eigenvalue weighted by Crippen LogP contribution is -2.18. The van der Waals surface area contributed by atoms with Crippen molar-refractivity contribution in [2.24, 2.45) is 5.92 Å². The van der Waals surface area contributed by atoms with E-state index < -0.39 is 5.91 Å². The maximum absolute atomic E-state index is 12.5. The molecule has 0 unspecified atom stereocenters. The lowest BCUT2D eigenvalue weighted by atomic mass is 10.1. The minimum atomic E-state index is -0.432. The van der Waals surface area contributed by atoms with Crippen LogP contribution in [-0.4, -0.2) is 28.6 Å². The van der Waals surface area contributed by atoms with E-state index >= 15 is 0 Å². The molecule has 1 aromatic heterocycles. The summed E-state index contributed by atoms with van der Waals surface area (Å²) in [5, 5.41) is 13.2. The molecule has 3 rings (SSSR count). The number of hydrogen-bond donors (Lipinski definition) is 2. The lowest BCUT2D eigenvalue weighted by Gasteiger charge is -2.09. The quantitative estimate of drug-likeness (QED) is 0.628. The Hall–Kier alpha value is -3.68. The van der Waals surface area contributed by atoms with Crippen LogP contribution in [-0.2, 0) is 4.79 Å². The Labute approximate surface area is 168 Å². The van der Waals surface area contributed by atoms with E-state index in [4.69, 9.17) is 9.15 Å². The number of ether oxygens (including phenoxy) is 1. The zero-order chi connectivity index (χ0) is 20.8. The fourth-order valence-electron chi connectivity index (χ4n) is 2.50. The van der Waals surface area contributed by atoms with Gasteiger partial charge in [0, 0.05) is 17.2 Å². The minimum absolute atomic E-state index is 0.0343. The van der Waals surface area contributed by atoms with Gasteiger partial charge in [-0.15, -0.1) is 5.10 Å². The number of aromatic nitrogens is 2. The summed E-state index contributed by atoms with van der Waals surface area (Å²) in [6, 6.07) is 13.8. The molecule has 0 radical (unpaired) electrons. The van der Waals surface area contributed by atoms with Crippen molar-refractivity contribution in [1.82, 2.24) is 10.2 Å². The summed E-state index contributed by atoms with van der Waals surface area (Å²) in [7, 11) is 0. The maximum Gasteiger partial charge on any atom is 0.322 e. The van der Waals surface area contributed by atoms with E-state index in [-0.39, 0.29) is 23.7 Å². The van der Waals surface area contributed by atoms with Crippen molar-refractivity contribution in [2.45, 2.75) is 20.8 Å². The van der Waals surface area contributed by atoms with E-state index in [0.717, 1.165) is 0 Å². The molecular formula is C21H22N4O4. The van der Waals surface area contributed by atoms with Crippen LogP contribution < -0.4 is 15.4 Å². The van der Waals surface area contributed by atoms with Crippen LogP contribution in [0.4, 0.5) is 11.7 Å². The molecular weight excluding hydrogens is 372 g/mol. The van der Waals surface area contributed by atoms with E-state index in [1.807, 2.05) is 19.1 Å². The van der Waals surface area contributed by atoms with E-state index in [1.54, 1.807) is 50.2 Å². The van der Waals surface area contributed by atoms with Gasteiger partial charge in [-0.3, -0.25) is 14.9 Å². The highest BCUT2D eigenvalue weighted by atomic mass is 16.5. The fraction of sp³-hybridized carbons (Fsp3) is 0.238. The molecule has 29 heavy (non-hydrogen) atoms. The van der Waals surface area contributed by atoms with E-state index in [9.17, 15) is 9.59 Å². The van der Waals surface area contributed by atoms with E-state index in [0.29, 0.717) is 29.2 Å². The molecule has 0 atom stereocenters. The van der Waals surface area contributed by atoms with Gasteiger partial charge < -0.3 is 14.5 Å². The van der Waals surface area contributed by atoms with Crippen LogP contribution in [0.3, 0.4) is 0 Å². The first-order valence-corrected chi connectivity index (χ1v) is 9.26. The third-order valence-electron chi connectivity index (χ3n) is 3.98. The molecule has 0 spiro atoms. The highest BCUT2D eigenvalue weighted by molar-refractivity contribution is 6.04. The molecule has 0 bridgehead atoms. The summed E-state index contributed by atoms with van der Waals surface area (Å²) in [4.78, 5) is 24.4. The molecule has 0 aliphatic heterocycles. The van der Waals surface area contributed by atoms with Gasteiger partial charge in [-0.25, -0.2) is 0 Å². The average Bonchev–Trinajstić information content (AvgIpc) is 3.17. The van der Waals surface area contributed by atoms with Gasteiger partial charge in [-0.2, -0.15) is 0 Å². The zero-order valence-electron chi connectivity index (χ0n) is 16.4. The number of hydrogen-bond acceptors (Lipinski definition) is 6.